The number of thioether (sulfide) groups is 1. The van der Waals surface area contributed by atoms with E-state index in [9.17, 15) is 5.11 Å². The summed E-state index contributed by atoms with van der Waals surface area (Å²) in [6.07, 6.45) is 0.677. The van der Waals surface area contributed by atoms with E-state index in [4.69, 9.17) is 11.6 Å². The zero-order chi connectivity index (χ0) is 13.2. The highest BCUT2D eigenvalue weighted by Crippen LogP contribution is 2.39. The van der Waals surface area contributed by atoms with Crippen LogP contribution in [0.15, 0.2) is 53.4 Å². The van der Waals surface area contributed by atoms with Crippen molar-refractivity contribution in [2.45, 2.75) is 23.3 Å². The Morgan fingerprint density at radius 1 is 1.16 bits per heavy atom. The van der Waals surface area contributed by atoms with Crippen molar-refractivity contribution in [2.24, 2.45) is 0 Å². The molecule has 1 nitrogen and oxygen atoms in total. The molecule has 0 radical (unpaired) electrons. The van der Waals surface area contributed by atoms with Crippen LogP contribution in [-0.2, 0) is 6.42 Å². The minimum Gasteiger partial charge on any atom is -0.392 e. The summed E-state index contributed by atoms with van der Waals surface area (Å²) in [4.78, 5) is 1.04. The van der Waals surface area contributed by atoms with E-state index in [0.29, 0.717) is 5.75 Å². The first kappa shape index (κ1) is 13.0. The van der Waals surface area contributed by atoms with Crippen molar-refractivity contribution >= 4 is 23.4 Å². The van der Waals surface area contributed by atoms with Crippen LogP contribution >= 0.6 is 23.4 Å². The summed E-state index contributed by atoms with van der Waals surface area (Å²) in [7, 11) is 0. The SMILES string of the molecule is OC(CSc1ccccc1Cl)C1Cc2ccccc21. The van der Waals surface area contributed by atoms with E-state index < -0.39 is 0 Å². The van der Waals surface area contributed by atoms with Gasteiger partial charge in [-0.1, -0.05) is 48.0 Å². The van der Waals surface area contributed by atoms with Gasteiger partial charge in [0.05, 0.1) is 11.1 Å². The third kappa shape index (κ3) is 2.66. The van der Waals surface area contributed by atoms with Crippen LogP contribution in [0.3, 0.4) is 0 Å². The Hall–Kier alpha value is -0.960. The van der Waals surface area contributed by atoms with Crippen LogP contribution in [0.1, 0.15) is 17.0 Å². The highest BCUT2D eigenvalue weighted by molar-refractivity contribution is 7.99. The van der Waals surface area contributed by atoms with Crippen LogP contribution in [-0.4, -0.2) is 17.0 Å². The summed E-state index contributed by atoms with van der Waals surface area (Å²) >= 11 is 7.74. The lowest BCUT2D eigenvalue weighted by Crippen LogP contribution is -2.30. The molecule has 1 aliphatic carbocycles. The molecule has 0 saturated heterocycles. The zero-order valence-corrected chi connectivity index (χ0v) is 12.0. The molecule has 0 amide bonds. The molecule has 0 fully saturated rings. The number of fused-ring (bicyclic) bond motifs is 1. The monoisotopic (exact) mass is 290 g/mol. The number of hydrogen-bond donors (Lipinski definition) is 1. The second-order valence-corrected chi connectivity index (χ2v) is 6.29. The summed E-state index contributed by atoms with van der Waals surface area (Å²) in [5, 5.41) is 11.1. The van der Waals surface area contributed by atoms with Gasteiger partial charge in [-0.25, -0.2) is 0 Å². The molecule has 0 heterocycles. The van der Waals surface area contributed by atoms with Gasteiger partial charge in [-0.15, -0.1) is 11.8 Å². The van der Waals surface area contributed by atoms with E-state index in [1.807, 2.05) is 30.3 Å². The molecule has 2 aromatic carbocycles. The first-order chi connectivity index (χ1) is 9.25. The highest BCUT2D eigenvalue weighted by atomic mass is 35.5. The molecule has 0 saturated carbocycles. The van der Waals surface area contributed by atoms with Gasteiger partial charge in [0.15, 0.2) is 0 Å². The van der Waals surface area contributed by atoms with Gasteiger partial charge in [0, 0.05) is 16.6 Å². The lowest BCUT2D eigenvalue weighted by Gasteiger charge is -2.33. The van der Waals surface area contributed by atoms with E-state index in [1.54, 1.807) is 11.8 Å². The Bertz CT molecular complexity index is 584. The molecule has 0 aliphatic heterocycles. The molecule has 0 spiro atoms. The first-order valence-electron chi connectivity index (χ1n) is 6.39. The maximum Gasteiger partial charge on any atom is 0.0705 e. The maximum atomic E-state index is 10.3. The summed E-state index contributed by atoms with van der Waals surface area (Å²) in [6, 6.07) is 16.1. The van der Waals surface area contributed by atoms with Gasteiger partial charge in [0.25, 0.3) is 0 Å². The van der Waals surface area contributed by atoms with Crippen LogP contribution in [0.25, 0.3) is 0 Å². The Morgan fingerprint density at radius 2 is 1.89 bits per heavy atom. The molecule has 1 aliphatic rings. The van der Waals surface area contributed by atoms with Crippen LogP contribution in [0.4, 0.5) is 0 Å². The maximum absolute atomic E-state index is 10.3. The third-order valence-electron chi connectivity index (χ3n) is 3.61. The predicted molar refractivity (Wildman–Crippen MR) is 81.1 cm³/mol. The Balaban J connectivity index is 1.62. The van der Waals surface area contributed by atoms with Gasteiger partial charge in [-0.3, -0.25) is 0 Å². The van der Waals surface area contributed by atoms with Crippen LogP contribution in [0.2, 0.25) is 5.02 Å². The predicted octanol–water partition coefficient (Wildman–Crippen LogP) is 4.13. The number of aliphatic hydroxyl groups excluding tert-OH is 1. The third-order valence-corrected chi connectivity index (χ3v) is 5.22. The number of hydrogen-bond acceptors (Lipinski definition) is 2. The second kappa shape index (κ2) is 5.58. The van der Waals surface area contributed by atoms with Crippen molar-refractivity contribution in [3.8, 4) is 0 Å². The molecule has 0 aromatic heterocycles. The quantitative estimate of drug-likeness (QED) is 0.854. The fraction of sp³-hybridized carbons (Fsp3) is 0.250. The van der Waals surface area contributed by atoms with Crippen molar-refractivity contribution in [3.63, 3.8) is 0 Å². The van der Waals surface area contributed by atoms with Gasteiger partial charge in [-0.05, 0) is 29.7 Å². The zero-order valence-electron chi connectivity index (χ0n) is 10.4. The van der Waals surface area contributed by atoms with Gasteiger partial charge < -0.3 is 5.11 Å². The van der Waals surface area contributed by atoms with E-state index in [-0.39, 0.29) is 12.0 Å². The molecule has 2 atom stereocenters. The summed E-state index contributed by atoms with van der Waals surface area (Å²) < 4.78 is 0. The molecule has 2 unspecified atom stereocenters. The molecule has 98 valence electrons. The van der Waals surface area contributed by atoms with Crippen LogP contribution in [0.5, 0.6) is 0 Å². The number of benzene rings is 2. The largest absolute Gasteiger partial charge is 0.392 e. The first-order valence-corrected chi connectivity index (χ1v) is 7.75. The Kier molecular flexibility index (Phi) is 3.83. The smallest absolute Gasteiger partial charge is 0.0705 e. The summed E-state index contributed by atoms with van der Waals surface area (Å²) in [5.41, 5.74) is 2.67. The number of rotatable bonds is 4. The average molecular weight is 291 g/mol. The molecule has 1 N–H and O–H groups in total. The standard InChI is InChI=1S/C16H15ClOS/c17-14-7-3-4-8-16(14)19-10-15(18)13-9-11-5-1-2-6-12(11)13/h1-8,13,15,18H,9-10H2. The fourth-order valence-electron chi connectivity index (χ4n) is 2.49. The van der Waals surface area contributed by atoms with Gasteiger partial charge in [-0.2, -0.15) is 0 Å². The van der Waals surface area contributed by atoms with E-state index in [1.165, 1.54) is 11.1 Å². The molecule has 2 aromatic rings. The fourth-order valence-corrected chi connectivity index (χ4v) is 3.76. The highest BCUT2D eigenvalue weighted by Gasteiger charge is 2.31. The Labute approximate surface area is 122 Å². The van der Waals surface area contributed by atoms with Crippen molar-refractivity contribution in [2.75, 3.05) is 5.75 Å². The molecular formula is C16H15ClOS. The average Bonchev–Trinajstić information content (AvgIpc) is 2.39. The van der Waals surface area contributed by atoms with Gasteiger partial charge >= 0.3 is 0 Å². The summed E-state index contributed by atoms with van der Waals surface area (Å²) in [5.74, 6) is 0.967. The Morgan fingerprint density at radius 3 is 2.68 bits per heavy atom. The lowest BCUT2D eigenvalue weighted by molar-refractivity contribution is 0.156. The van der Waals surface area contributed by atoms with Crippen LogP contribution in [0, 0.1) is 0 Å². The topological polar surface area (TPSA) is 20.2 Å². The van der Waals surface area contributed by atoms with E-state index >= 15 is 0 Å². The second-order valence-electron chi connectivity index (χ2n) is 4.82. The van der Waals surface area contributed by atoms with Gasteiger partial charge in [0.2, 0.25) is 0 Å². The molecular weight excluding hydrogens is 276 g/mol. The van der Waals surface area contributed by atoms with Crippen molar-refractivity contribution in [1.29, 1.82) is 0 Å². The van der Waals surface area contributed by atoms with Crippen molar-refractivity contribution < 1.29 is 5.11 Å². The minimum atomic E-state index is -0.309. The molecule has 3 heteroatoms. The van der Waals surface area contributed by atoms with Crippen LogP contribution < -0.4 is 0 Å². The van der Waals surface area contributed by atoms with Gasteiger partial charge in [0.1, 0.15) is 0 Å². The van der Waals surface area contributed by atoms with Crippen molar-refractivity contribution in [3.05, 3.63) is 64.7 Å². The normalized spacial score (nSPS) is 18.5. The molecule has 19 heavy (non-hydrogen) atoms. The number of aliphatic hydroxyl groups is 1. The van der Waals surface area contributed by atoms with Crippen molar-refractivity contribution in [1.82, 2.24) is 0 Å². The summed E-state index contributed by atoms with van der Waals surface area (Å²) in [6.45, 7) is 0. The minimum absolute atomic E-state index is 0.284. The molecule has 0 bridgehead atoms. The van der Waals surface area contributed by atoms with E-state index in [0.717, 1.165) is 16.3 Å². The number of halogens is 1. The van der Waals surface area contributed by atoms with E-state index in [2.05, 4.69) is 18.2 Å². The molecule has 3 rings (SSSR count). The lowest BCUT2D eigenvalue weighted by atomic mass is 9.75.